The quantitative estimate of drug-likeness (QED) is 0.466. The molecule has 9 heteroatoms. The highest BCUT2D eigenvalue weighted by Crippen LogP contribution is 2.30. The minimum absolute atomic E-state index is 0.0936. The number of aromatic nitrogens is 1. The Bertz CT molecular complexity index is 1060. The number of carbonyl (C=O) groups excluding carboxylic acids is 3. The largest absolute Gasteiger partial charge is 0.466 e. The number of Topliss-reactive ketones (excluding diaryl/α,β-unsaturated/α-hetero) is 1. The molecule has 0 spiro atoms. The van der Waals surface area contributed by atoms with Crippen molar-refractivity contribution < 1.29 is 19.1 Å². The summed E-state index contributed by atoms with van der Waals surface area (Å²) >= 11 is 12.1. The van der Waals surface area contributed by atoms with Crippen LogP contribution in [0.1, 0.15) is 61.5 Å². The Morgan fingerprint density at radius 3 is 2.36 bits per heavy atom. The van der Waals surface area contributed by atoms with Crippen LogP contribution in [0.3, 0.4) is 0 Å². The number of benzene rings is 1. The maximum Gasteiger partial charge on any atom is 0.308 e. The summed E-state index contributed by atoms with van der Waals surface area (Å²) in [5, 5.41) is 6.53. The Balaban J connectivity index is 1.81. The smallest absolute Gasteiger partial charge is 0.308 e. The lowest BCUT2D eigenvalue weighted by molar-refractivity contribution is -0.143. The van der Waals surface area contributed by atoms with E-state index < -0.39 is 6.04 Å². The van der Waals surface area contributed by atoms with Gasteiger partial charge in [0.25, 0.3) is 5.91 Å². The van der Waals surface area contributed by atoms with Gasteiger partial charge in [0.15, 0.2) is 5.78 Å². The number of hydrogen-bond acceptors (Lipinski definition) is 6. The average molecular weight is 490 g/mol. The molecule has 1 heterocycles. The molecule has 0 radical (unpaired) electrons. The van der Waals surface area contributed by atoms with Crippen LogP contribution in [-0.2, 0) is 14.3 Å². The first-order valence-electron chi connectivity index (χ1n) is 10.7. The summed E-state index contributed by atoms with van der Waals surface area (Å²) in [6, 6.07) is 6.45. The highest BCUT2D eigenvalue weighted by Gasteiger charge is 2.25. The van der Waals surface area contributed by atoms with Crippen LogP contribution in [-0.4, -0.2) is 29.3 Å². The van der Waals surface area contributed by atoms with Crippen molar-refractivity contribution in [2.24, 2.45) is 0 Å². The summed E-state index contributed by atoms with van der Waals surface area (Å²) in [4.78, 5) is 40.9. The maximum atomic E-state index is 12.7. The van der Waals surface area contributed by atoms with Gasteiger partial charge in [-0.05, 0) is 37.5 Å². The van der Waals surface area contributed by atoms with Gasteiger partial charge < -0.3 is 15.4 Å². The van der Waals surface area contributed by atoms with Crippen LogP contribution in [0.15, 0.2) is 47.9 Å². The van der Waals surface area contributed by atoms with E-state index in [1.54, 1.807) is 31.2 Å². The van der Waals surface area contributed by atoms with Gasteiger partial charge in [0.1, 0.15) is 0 Å². The Morgan fingerprint density at radius 1 is 1.09 bits per heavy atom. The van der Waals surface area contributed by atoms with Gasteiger partial charge in [-0.2, -0.15) is 0 Å². The monoisotopic (exact) mass is 489 g/mol. The van der Waals surface area contributed by atoms with Crippen molar-refractivity contribution in [1.29, 1.82) is 0 Å². The zero-order chi connectivity index (χ0) is 24.0. The Labute approximate surface area is 202 Å². The standard InChI is InChI=1S/C24H25Cl2N3O4/c1-3-16-19(9-10-21(16)30)28-20(11-22(31)33-4-2)14-5-7-15(8-6-14)24(32)29-23-17(25)12-27-13-18(23)26/h5-8,12-13,20,28H,3-4,9-11H2,1-2H3,(H,27,29,32). The van der Waals surface area contributed by atoms with Gasteiger partial charge in [-0.15, -0.1) is 0 Å². The van der Waals surface area contributed by atoms with E-state index >= 15 is 0 Å². The summed E-state index contributed by atoms with van der Waals surface area (Å²) in [7, 11) is 0. The SMILES string of the molecule is CCOC(=O)CC(NC1=C(CC)C(=O)CC1)c1ccc(C(=O)Nc2c(Cl)cncc2Cl)cc1. The minimum Gasteiger partial charge on any atom is -0.466 e. The van der Waals surface area contributed by atoms with Gasteiger partial charge in [0.2, 0.25) is 0 Å². The van der Waals surface area contributed by atoms with Crippen LogP contribution in [0.4, 0.5) is 5.69 Å². The molecule has 0 bridgehead atoms. The Kier molecular flexibility index (Phi) is 8.47. The number of anilines is 1. The van der Waals surface area contributed by atoms with Crippen molar-refractivity contribution in [3.8, 4) is 0 Å². The molecule has 1 aliphatic rings. The lowest BCUT2D eigenvalue weighted by Gasteiger charge is -2.21. The van der Waals surface area contributed by atoms with E-state index in [2.05, 4.69) is 15.6 Å². The average Bonchev–Trinajstić information content (AvgIpc) is 3.15. The maximum absolute atomic E-state index is 12.7. The topological polar surface area (TPSA) is 97.4 Å². The fourth-order valence-electron chi connectivity index (χ4n) is 3.71. The molecule has 2 N–H and O–H groups in total. The van der Waals surface area contributed by atoms with Crippen molar-refractivity contribution >= 4 is 46.5 Å². The summed E-state index contributed by atoms with van der Waals surface area (Å²) in [5.41, 5.74) is 3.10. The Morgan fingerprint density at radius 2 is 1.76 bits per heavy atom. The van der Waals surface area contributed by atoms with Crippen molar-refractivity contribution in [1.82, 2.24) is 10.3 Å². The molecular weight excluding hydrogens is 465 g/mol. The summed E-state index contributed by atoms with van der Waals surface area (Å²) in [6.45, 7) is 3.98. The molecule has 0 fully saturated rings. The van der Waals surface area contributed by atoms with E-state index in [0.717, 1.165) is 16.8 Å². The molecule has 1 aromatic heterocycles. The van der Waals surface area contributed by atoms with E-state index in [-0.39, 0.29) is 46.4 Å². The number of carbonyl (C=O) groups is 3. The van der Waals surface area contributed by atoms with E-state index in [9.17, 15) is 14.4 Å². The molecule has 0 saturated heterocycles. The molecule has 174 valence electrons. The lowest BCUT2D eigenvalue weighted by Crippen LogP contribution is -2.25. The fraction of sp³-hybridized carbons (Fsp3) is 0.333. The lowest BCUT2D eigenvalue weighted by atomic mass is 10.0. The van der Waals surface area contributed by atoms with Gasteiger partial charge in [-0.1, -0.05) is 42.3 Å². The second-order valence-corrected chi connectivity index (χ2v) is 8.31. The van der Waals surface area contributed by atoms with Gasteiger partial charge in [0.05, 0.1) is 34.8 Å². The second-order valence-electron chi connectivity index (χ2n) is 7.49. The number of esters is 1. The third-order valence-corrected chi connectivity index (χ3v) is 5.92. The highest BCUT2D eigenvalue weighted by atomic mass is 35.5. The molecule has 2 aromatic rings. The fourth-order valence-corrected chi connectivity index (χ4v) is 4.17. The van der Waals surface area contributed by atoms with E-state index in [1.807, 2.05) is 6.92 Å². The van der Waals surface area contributed by atoms with E-state index in [0.29, 0.717) is 24.8 Å². The summed E-state index contributed by atoms with van der Waals surface area (Å²) < 4.78 is 5.13. The minimum atomic E-state index is -0.396. The first-order valence-corrected chi connectivity index (χ1v) is 11.5. The van der Waals surface area contributed by atoms with Crippen LogP contribution in [0, 0.1) is 0 Å². The van der Waals surface area contributed by atoms with Gasteiger partial charge in [-0.25, -0.2) is 0 Å². The number of rotatable bonds is 9. The molecule has 33 heavy (non-hydrogen) atoms. The second kappa shape index (κ2) is 11.3. The van der Waals surface area contributed by atoms with Crippen molar-refractivity contribution in [3.05, 3.63) is 69.1 Å². The number of ether oxygens (including phenoxy) is 1. The molecule has 0 aliphatic heterocycles. The molecule has 1 aliphatic carbocycles. The molecule has 1 atom stereocenters. The molecule has 7 nitrogen and oxygen atoms in total. The molecular formula is C24H25Cl2N3O4. The number of amides is 1. The van der Waals surface area contributed by atoms with Crippen LogP contribution < -0.4 is 10.6 Å². The third kappa shape index (κ3) is 6.12. The highest BCUT2D eigenvalue weighted by molar-refractivity contribution is 6.39. The zero-order valence-corrected chi connectivity index (χ0v) is 19.9. The number of ketones is 1. The predicted molar refractivity (Wildman–Crippen MR) is 127 cm³/mol. The van der Waals surface area contributed by atoms with Gasteiger partial charge in [-0.3, -0.25) is 19.4 Å². The number of allylic oxidation sites excluding steroid dienone is 2. The number of hydrogen-bond donors (Lipinski definition) is 2. The van der Waals surface area contributed by atoms with Crippen LogP contribution in [0.5, 0.6) is 0 Å². The molecule has 1 aromatic carbocycles. The number of halogens is 2. The van der Waals surface area contributed by atoms with Crippen LogP contribution in [0.2, 0.25) is 10.0 Å². The number of nitrogens with one attached hydrogen (secondary N) is 2. The van der Waals surface area contributed by atoms with Crippen LogP contribution in [0.25, 0.3) is 0 Å². The predicted octanol–water partition coefficient (Wildman–Crippen LogP) is 5.25. The Hall–Kier alpha value is -2.90. The first-order chi connectivity index (χ1) is 15.8. The molecule has 3 rings (SSSR count). The van der Waals surface area contributed by atoms with E-state index in [1.165, 1.54) is 12.4 Å². The number of nitrogens with zero attached hydrogens (tertiary/aromatic N) is 1. The third-order valence-electron chi connectivity index (χ3n) is 5.35. The van der Waals surface area contributed by atoms with Crippen molar-refractivity contribution in [2.45, 2.75) is 45.6 Å². The first kappa shape index (κ1) is 24.7. The van der Waals surface area contributed by atoms with Crippen LogP contribution >= 0.6 is 23.2 Å². The van der Waals surface area contributed by atoms with Gasteiger partial charge in [0, 0.05) is 35.6 Å². The summed E-state index contributed by atoms with van der Waals surface area (Å²) in [5.74, 6) is -0.596. The molecule has 1 unspecified atom stereocenters. The molecule has 0 saturated carbocycles. The normalized spacial score (nSPS) is 14.2. The van der Waals surface area contributed by atoms with E-state index in [4.69, 9.17) is 27.9 Å². The zero-order valence-electron chi connectivity index (χ0n) is 18.4. The summed E-state index contributed by atoms with van der Waals surface area (Å²) in [6.07, 6.45) is 4.60. The van der Waals surface area contributed by atoms with Crippen molar-refractivity contribution in [2.75, 3.05) is 11.9 Å². The number of pyridine rings is 1. The van der Waals surface area contributed by atoms with Crippen molar-refractivity contribution in [3.63, 3.8) is 0 Å². The van der Waals surface area contributed by atoms with Gasteiger partial charge >= 0.3 is 5.97 Å². The molecule has 1 amide bonds.